The minimum Gasteiger partial charge on any atom is -0.491 e. The van der Waals surface area contributed by atoms with Crippen LogP contribution in [-0.4, -0.2) is 23.5 Å². The quantitative estimate of drug-likeness (QED) is 0.709. The largest absolute Gasteiger partial charge is 0.491 e. The molecule has 2 atom stereocenters. The first-order chi connectivity index (χ1) is 12.4. The van der Waals surface area contributed by atoms with Crippen molar-refractivity contribution in [3.05, 3.63) is 96.3 Å². The van der Waals surface area contributed by atoms with E-state index in [9.17, 15) is 0 Å². The van der Waals surface area contributed by atoms with Gasteiger partial charge in [-0.3, -0.25) is 4.98 Å². The molecule has 0 amide bonds. The minimum atomic E-state index is -0.179. The van der Waals surface area contributed by atoms with Gasteiger partial charge in [0.1, 0.15) is 24.1 Å². The summed E-state index contributed by atoms with van der Waals surface area (Å²) in [4.78, 5) is 9.08. The Morgan fingerprint density at radius 2 is 1.56 bits per heavy atom. The highest BCUT2D eigenvalue weighted by atomic mass is 16.5. The van der Waals surface area contributed by atoms with Crippen LogP contribution in [0, 0.1) is 0 Å². The van der Waals surface area contributed by atoms with E-state index in [0.717, 1.165) is 17.0 Å². The van der Waals surface area contributed by atoms with Crippen molar-refractivity contribution in [2.24, 2.45) is 4.99 Å². The lowest BCUT2D eigenvalue weighted by molar-refractivity contribution is 0.160. The van der Waals surface area contributed by atoms with Crippen LogP contribution in [0.5, 0.6) is 5.75 Å². The van der Waals surface area contributed by atoms with Gasteiger partial charge in [-0.2, -0.15) is 0 Å². The highest BCUT2D eigenvalue weighted by Crippen LogP contribution is 2.31. The molecule has 1 aliphatic rings. The van der Waals surface area contributed by atoms with Crippen LogP contribution < -0.4 is 4.74 Å². The lowest BCUT2D eigenvalue weighted by atomic mass is 10.0. The van der Waals surface area contributed by atoms with Crippen LogP contribution in [0.15, 0.2) is 90.1 Å². The normalized spacial score (nSPS) is 19.1. The molecule has 124 valence electrons. The number of pyridine rings is 1. The topological polar surface area (TPSA) is 43.7 Å². The fraction of sp³-hybridized carbons (Fsp3) is 0.143. The lowest BCUT2D eigenvalue weighted by Crippen LogP contribution is -2.21. The third kappa shape index (κ3) is 3.53. The van der Waals surface area contributed by atoms with Gasteiger partial charge in [0.15, 0.2) is 6.10 Å². The molecule has 4 rings (SSSR count). The number of benzene rings is 2. The molecule has 1 aliphatic heterocycles. The molecule has 25 heavy (non-hydrogen) atoms. The smallest absolute Gasteiger partial charge is 0.236 e. The summed E-state index contributed by atoms with van der Waals surface area (Å²) in [5.41, 5.74) is 1.82. The molecule has 0 saturated heterocycles. The summed E-state index contributed by atoms with van der Waals surface area (Å²) >= 11 is 0. The molecule has 0 bridgehead atoms. The predicted octanol–water partition coefficient (Wildman–Crippen LogP) is 4.05. The summed E-state index contributed by atoms with van der Waals surface area (Å²) in [5.74, 6) is 1.40. The average molecular weight is 330 g/mol. The zero-order valence-corrected chi connectivity index (χ0v) is 13.7. The Bertz CT molecular complexity index is 836. The Morgan fingerprint density at radius 3 is 2.28 bits per heavy atom. The highest BCUT2D eigenvalue weighted by molar-refractivity contribution is 5.93. The van der Waals surface area contributed by atoms with Crippen LogP contribution in [0.3, 0.4) is 0 Å². The Hall–Kier alpha value is -3.14. The molecule has 0 unspecified atom stereocenters. The Balaban J connectivity index is 1.58. The number of aliphatic imine (C=N–C) groups is 1. The van der Waals surface area contributed by atoms with Crippen LogP contribution >= 0.6 is 0 Å². The minimum absolute atomic E-state index is 0.125. The number of nitrogens with zero attached hydrogens (tertiary/aromatic N) is 2. The number of hydrogen-bond acceptors (Lipinski definition) is 4. The molecule has 0 fully saturated rings. The number of ether oxygens (including phenoxy) is 2. The number of para-hydroxylation sites is 1. The maximum Gasteiger partial charge on any atom is 0.236 e. The summed E-state index contributed by atoms with van der Waals surface area (Å²) in [6, 6.07) is 25.5. The Labute approximate surface area is 146 Å². The Morgan fingerprint density at radius 1 is 0.840 bits per heavy atom. The predicted molar refractivity (Wildman–Crippen MR) is 96.8 cm³/mol. The number of rotatable bonds is 5. The second-order valence-electron chi connectivity index (χ2n) is 5.79. The van der Waals surface area contributed by atoms with Gasteiger partial charge in [-0.25, -0.2) is 4.99 Å². The standard InChI is InChI=1S/C21H18N2O2/c1-3-9-16(10-4-1)20-19(15-24-17-11-5-2-6-12-17)23-21(25-20)18-13-7-8-14-22-18/h1-14,19-20H,15H2/t19-,20-/m0/s1. The van der Waals surface area contributed by atoms with Crippen molar-refractivity contribution in [1.82, 2.24) is 4.98 Å². The van der Waals surface area contributed by atoms with Crippen molar-refractivity contribution in [2.75, 3.05) is 6.61 Å². The zero-order chi connectivity index (χ0) is 16.9. The molecule has 0 saturated carbocycles. The van der Waals surface area contributed by atoms with E-state index < -0.39 is 0 Å². The number of hydrogen-bond donors (Lipinski definition) is 0. The maximum atomic E-state index is 6.14. The molecular formula is C21H18N2O2. The fourth-order valence-electron chi connectivity index (χ4n) is 2.82. The van der Waals surface area contributed by atoms with E-state index in [4.69, 9.17) is 14.5 Å². The summed E-state index contributed by atoms with van der Waals surface area (Å²) in [7, 11) is 0. The summed E-state index contributed by atoms with van der Waals surface area (Å²) in [6.07, 6.45) is 1.56. The monoisotopic (exact) mass is 330 g/mol. The second kappa shape index (κ2) is 7.18. The first-order valence-corrected chi connectivity index (χ1v) is 8.29. The summed E-state index contributed by atoms with van der Waals surface area (Å²) < 4.78 is 12.1. The van der Waals surface area contributed by atoms with E-state index in [1.165, 1.54) is 0 Å². The van der Waals surface area contributed by atoms with Gasteiger partial charge in [0.25, 0.3) is 0 Å². The molecule has 1 aromatic heterocycles. The molecule has 2 heterocycles. The van der Waals surface area contributed by atoms with Gasteiger partial charge in [0, 0.05) is 6.20 Å². The van der Waals surface area contributed by atoms with Crippen molar-refractivity contribution >= 4 is 5.90 Å². The second-order valence-corrected chi connectivity index (χ2v) is 5.79. The molecule has 4 nitrogen and oxygen atoms in total. The zero-order valence-electron chi connectivity index (χ0n) is 13.7. The summed E-state index contributed by atoms with van der Waals surface area (Å²) in [5, 5.41) is 0. The van der Waals surface area contributed by atoms with Crippen LogP contribution in [0.4, 0.5) is 0 Å². The first-order valence-electron chi connectivity index (χ1n) is 8.29. The van der Waals surface area contributed by atoms with E-state index >= 15 is 0 Å². The van der Waals surface area contributed by atoms with E-state index in [1.807, 2.05) is 66.7 Å². The van der Waals surface area contributed by atoms with Crippen LogP contribution in [0.25, 0.3) is 0 Å². The van der Waals surface area contributed by atoms with E-state index in [-0.39, 0.29) is 12.1 Å². The van der Waals surface area contributed by atoms with Gasteiger partial charge in [0.2, 0.25) is 5.90 Å². The molecule has 0 radical (unpaired) electrons. The Kier molecular flexibility index (Phi) is 4.42. The SMILES string of the molecule is c1ccc(OC[C@@H]2N=C(c3ccccn3)O[C@H]2c2ccccc2)cc1. The fourth-order valence-corrected chi connectivity index (χ4v) is 2.82. The third-order valence-corrected chi connectivity index (χ3v) is 4.05. The molecule has 2 aromatic carbocycles. The van der Waals surface area contributed by atoms with Crippen molar-refractivity contribution < 1.29 is 9.47 Å². The average Bonchev–Trinajstić information content (AvgIpc) is 3.13. The van der Waals surface area contributed by atoms with Crippen molar-refractivity contribution in [3.63, 3.8) is 0 Å². The number of aromatic nitrogens is 1. The summed E-state index contributed by atoms with van der Waals surface area (Å²) in [6.45, 7) is 0.444. The third-order valence-electron chi connectivity index (χ3n) is 4.05. The maximum absolute atomic E-state index is 6.14. The highest BCUT2D eigenvalue weighted by Gasteiger charge is 2.33. The van der Waals surface area contributed by atoms with E-state index in [2.05, 4.69) is 17.1 Å². The van der Waals surface area contributed by atoms with Gasteiger partial charge in [-0.05, 0) is 29.8 Å². The van der Waals surface area contributed by atoms with Gasteiger partial charge < -0.3 is 9.47 Å². The lowest BCUT2D eigenvalue weighted by Gasteiger charge is -2.18. The van der Waals surface area contributed by atoms with Crippen LogP contribution in [0.1, 0.15) is 17.4 Å². The van der Waals surface area contributed by atoms with Crippen LogP contribution in [-0.2, 0) is 4.74 Å². The van der Waals surface area contributed by atoms with Gasteiger partial charge in [-0.1, -0.05) is 54.6 Å². The van der Waals surface area contributed by atoms with Crippen molar-refractivity contribution in [2.45, 2.75) is 12.1 Å². The first kappa shape index (κ1) is 15.4. The van der Waals surface area contributed by atoms with Crippen LogP contribution in [0.2, 0.25) is 0 Å². The van der Waals surface area contributed by atoms with Crippen molar-refractivity contribution in [3.8, 4) is 5.75 Å². The van der Waals surface area contributed by atoms with Gasteiger partial charge in [0.05, 0.1) is 0 Å². The van der Waals surface area contributed by atoms with E-state index in [0.29, 0.717) is 12.5 Å². The molecule has 4 heteroatoms. The van der Waals surface area contributed by atoms with Gasteiger partial charge >= 0.3 is 0 Å². The molecular weight excluding hydrogens is 312 g/mol. The molecule has 0 spiro atoms. The van der Waals surface area contributed by atoms with Gasteiger partial charge in [-0.15, -0.1) is 0 Å². The molecule has 0 aliphatic carbocycles. The molecule has 3 aromatic rings. The van der Waals surface area contributed by atoms with E-state index in [1.54, 1.807) is 6.20 Å². The molecule has 0 N–H and O–H groups in total. The van der Waals surface area contributed by atoms with Crippen molar-refractivity contribution in [1.29, 1.82) is 0 Å².